The minimum Gasteiger partial charge on any atom is -0.376 e. The highest BCUT2D eigenvalue weighted by Gasteiger charge is 2.21. The maximum atomic E-state index is 12.6. The van der Waals surface area contributed by atoms with Gasteiger partial charge in [-0.15, -0.1) is 0 Å². The summed E-state index contributed by atoms with van der Waals surface area (Å²) in [5, 5.41) is 2.98. The number of hydrogen-bond acceptors (Lipinski definition) is 3. The molecule has 3 aromatic rings. The first-order valence-corrected chi connectivity index (χ1v) is 9.44. The molecule has 0 unspecified atom stereocenters. The molecule has 1 aromatic heterocycles. The van der Waals surface area contributed by atoms with Crippen molar-refractivity contribution >= 4 is 22.8 Å². The molecule has 0 aliphatic carbocycles. The van der Waals surface area contributed by atoms with Crippen LogP contribution in [0, 0.1) is 0 Å². The smallest absolute Gasteiger partial charge is 0.321 e. The Morgan fingerprint density at radius 3 is 2.81 bits per heavy atom. The summed E-state index contributed by atoms with van der Waals surface area (Å²) in [5.41, 5.74) is 3.80. The Kier molecular flexibility index (Phi) is 5.07. The molecule has 0 spiro atoms. The molecule has 2 aromatic carbocycles. The molecule has 0 saturated carbocycles. The van der Waals surface area contributed by atoms with Gasteiger partial charge in [0.1, 0.15) is 6.33 Å². The van der Waals surface area contributed by atoms with Crippen molar-refractivity contribution in [2.45, 2.75) is 25.9 Å². The van der Waals surface area contributed by atoms with Gasteiger partial charge >= 0.3 is 6.03 Å². The standard InChI is InChI=1S/C21H24N4O2/c1-2-24(14-18-6-5-13-27-18)21(26)23-16-9-11-17(12-10-16)25-15-22-19-7-3-4-8-20(19)25/h3-4,7-12,15,18H,2,5-6,13-14H2,1H3,(H,23,26)/t18-/m1/s1. The predicted octanol–water partition coefficient (Wildman–Crippen LogP) is 4.06. The van der Waals surface area contributed by atoms with Gasteiger partial charge in [0, 0.05) is 31.1 Å². The quantitative estimate of drug-likeness (QED) is 0.743. The lowest BCUT2D eigenvalue weighted by molar-refractivity contribution is 0.0849. The van der Waals surface area contributed by atoms with Gasteiger partial charge in [0.05, 0.1) is 17.1 Å². The van der Waals surface area contributed by atoms with E-state index in [9.17, 15) is 4.79 Å². The van der Waals surface area contributed by atoms with E-state index in [1.54, 1.807) is 4.90 Å². The van der Waals surface area contributed by atoms with Crippen LogP contribution in [-0.4, -0.2) is 46.3 Å². The van der Waals surface area contributed by atoms with Gasteiger partial charge in [-0.2, -0.15) is 0 Å². The third kappa shape index (κ3) is 3.80. The van der Waals surface area contributed by atoms with Crippen LogP contribution >= 0.6 is 0 Å². The van der Waals surface area contributed by atoms with Gasteiger partial charge in [0.15, 0.2) is 0 Å². The molecule has 1 aliphatic rings. The van der Waals surface area contributed by atoms with Crippen LogP contribution in [0.2, 0.25) is 0 Å². The molecular formula is C21H24N4O2. The molecular weight excluding hydrogens is 340 g/mol. The highest BCUT2D eigenvalue weighted by atomic mass is 16.5. The number of benzene rings is 2. The lowest BCUT2D eigenvalue weighted by atomic mass is 10.2. The number of amides is 2. The molecule has 4 rings (SSSR count). The van der Waals surface area contributed by atoms with Gasteiger partial charge in [0.25, 0.3) is 0 Å². The summed E-state index contributed by atoms with van der Waals surface area (Å²) in [6, 6.07) is 15.7. The number of urea groups is 1. The molecule has 1 atom stereocenters. The number of carbonyl (C=O) groups is 1. The Balaban J connectivity index is 1.44. The Hall–Kier alpha value is -2.86. The van der Waals surface area contributed by atoms with E-state index in [-0.39, 0.29) is 12.1 Å². The SMILES string of the molecule is CCN(C[C@H]1CCCO1)C(=O)Nc1ccc(-n2cnc3ccccc32)cc1. The van der Waals surface area contributed by atoms with E-state index in [1.807, 2.05) is 66.3 Å². The maximum Gasteiger partial charge on any atom is 0.321 e. The van der Waals surface area contributed by atoms with Gasteiger partial charge in [0.2, 0.25) is 0 Å². The lowest BCUT2D eigenvalue weighted by Gasteiger charge is -2.24. The van der Waals surface area contributed by atoms with Gasteiger partial charge in [-0.1, -0.05) is 12.1 Å². The number of anilines is 1. The number of imidazole rings is 1. The molecule has 27 heavy (non-hydrogen) atoms. The van der Waals surface area contributed by atoms with Crippen molar-refractivity contribution in [1.82, 2.24) is 14.5 Å². The molecule has 2 heterocycles. The second-order valence-corrected chi connectivity index (χ2v) is 6.75. The summed E-state index contributed by atoms with van der Waals surface area (Å²) in [4.78, 5) is 18.8. The molecule has 1 N–H and O–H groups in total. The van der Waals surface area contributed by atoms with E-state index in [4.69, 9.17) is 4.74 Å². The number of rotatable bonds is 5. The zero-order valence-corrected chi connectivity index (χ0v) is 15.5. The van der Waals surface area contributed by atoms with E-state index < -0.39 is 0 Å². The molecule has 140 valence electrons. The number of nitrogens with one attached hydrogen (secondary N) is 1. The molecule has 0 radical (unpaired) electrons. The zero-order chi connectivity index (χ0) is 18.6. The van der Waals surface area contributed by atoms with Crippen molar-refractivity contribution in [3.8, 4) is 5.69 Å². The average Bonchev–Trinajstić information content (AvgIpc) is 3.36. The Morgan fingerprint density at radius 1 is 1.26 bits per heavy atom. The first-order chi connectivity index (χ1) is 13.2. The van der Waals surface area contributed by atoms with Crippen molar-refractivity contribution in [1.29, 1.82) is 0 Å². The maximum absolute atomic E-state index is 12.6. The Morgan fingerprint density at radius 2 is 2.07 bits per heavy atom. The Labute approximate surface area is 158 Å². The van der Waals surface area contributed by atoms with Crippen LogP contribution in [0.25, 0.3) is 16.7 Å². The molecule has 6 nitrogen and oxygen atoms in total. The fraction of sp³-hybridized carbons (Fsp3) is 0.333. The number of fused-ring (bicyclic) bond motifs is 1. The van der Waals surface area contributed by atoms with Crippen LogP contribution in [0.1, 0.15) is 19.8 Å². The van der Waals surface area contributed by atoms with Crippen LogP contribution in [0.5, 0.6) is 0 Å². The number of carbonyl (C=O) groups excluding carboxylic acids is 1. The van der Waals surface area contributed by atoms with Gasteiger partial charge in [-0.05, 0) is 56.2 Å². The van der Waals surface area contributed by atoms with E-state index in [1.165, 1.54) is 0 Å². The van der Waals surface area contributed by atoms with Crippen LogP contribution in [0.4, 0.5) is 10.5 Å². The lowest BCUT2D eigenvalue weighted by Crippen LogP contribution is -2.39. The van der Waals surface area contributed by atoms with Gasteiger partial charge < -0.3 is 15.0 Å². The summed E-state index contributed by atoms with van der Waals surface area (Å²) in [6.45, 7) is 4.09. The van der Waals surface area contributed by atoms with Gasteiger partial charge in [-0.3, -0.25) is 4.57 Å². The fourth-order valence-electron chi connectivity index (χ4n) is 3.46. The third-order valence-electron chi connectivity index (χ3n) is 4.97. The van der Waals surface area contributed by atoms with Gasteiger partial charge in [-0.25, -0.2) is 9.78 Å². The summed E-state index contributed by atoms with van der Waals surface area (Å²) in [6.07, 6.45) is 4.08. The van der Waals surface area contributed by atoms with E-state index in [2.05, 4.69) is 10.3 Å². The number of aromatic nitrogens is 2. The summed E-state index contributed by atoms with van der Waals surface area (Å²) in [5.74, 6) is 0. The minimum atomic E-state index is -0.0890. The van der Waals surface area contributed by atoms with Crippen LogP contribution in [0.3, 0.4) is 0 Å². The second kappa shape index (κ2) is 7.80. The second-order valence-electron chi connectivity index (χ2n) is 6.75. The first-order valence-electron chi connectivity index (χ1n) is 9.44. The minimum absolute atomic E-state index is 0.0890. The topological polar surface area (TPSA) is 59.4 Å². The number of likely N-dealkylation sites (N-methyl/N-ethyl adjacent to an activating group) is 1. The van der Waals surface area contributed by atoms with Crippen molar-refractivity contribution < 1.29 is 9.53 Å². The number of hydrogen-bond donors (Lipinski definition) is 1. The highest BCUT2D eigenvalue weighted by Crippen LogP contribution is 2.20. The van der Waals surface area contributed by atoms with Crippen molar-refractivity contribution in [2.24, 2.45) is 0 Å². The van der Waals surface area contributed by atoms with Crippen molar-refractivity contribution in [3.05, 3.63) is 54.9 Å². The van der Waals surface area contributed by atoms with Crippen LogP contribution in [-0.2, 0) is 4.74 Å². The zero-order valence-electron chi connectivity index (χ0n) is 15.5. The third-order valence-corrected chi connectivity index (χ3v) is 4.97. The predicted molar refractivity (Wildman–Crippen MR) is 106 cm³/mol. The first kappa shape index (κ1) is 17.5. The highest BCUT2D eigenvalue weighted by molar-refractivity contribution is 5.89. The van der Waals surface area contributed by atoms with E-state index in [0.717, 1.165) is 41.9 Å². The largest absolute Gasteiger partial charge is 0.376 e. The molecule has 6 heteroatoms. The number of para-hydroxylation sites is 2. The summed E-state index contributed by atoms with van der Waals surface area (Å²) < 4.78 is 7.69. The van der Waals surface area contributed by atoms with Crippen LogP contribution in [0.15, 0.2) is 54.9 Å². The molecule has 1 saturated heterocycles. The average molecular weight is 364 g/mol. The summed E-state index contributed by atoms with van der Waals surface area (Å²) in [7, 11) is 0. The monoisotopic (exact) mass is 364 g/mol. The van der Waals surface area contributed by atoms with Crippen LogP contribution < -0.4 is 5.32 Å². The summed E-state index contributed by atoms with van der Waals surface area (Å²) >= 11 is 0. The van der Waals surface area contributed by atoms with Crippen molar-refractivity contribution in [3.63, 3.8) is 0 Å². The number of nitrogens with zero attached hydrogens (tertiary/aromatic N) is 3. The normalized spacial score (nSPS) is 16.6. The number of ether oxygens (including phenoxy) is 1. The molecule has 0 bridgehead atoms. The van der Waals surface area contributed by atoms with E-state index >= 15 is 0 Å². The fourth-order valence-corrected chi connectivity index (χ4v) is 3.46. The van der Waals surface area contributed by atoms with Crippen molar-refractivity contribution in [2.75, 3.05) is 25.0 Å². The van der Waals surface area contributed by atoms with E-state index in [0.29, 0.717) is 13.1 Å². The molecule has 1 fully saturated rings. The molecule has 2 amide bonds. The Bertz CT molecular complexity index is 913. The molecule has 1 aliphatic heterocycles.